The predicted molar refractivity (Wildman–Crippen MR) is 91.2 cm³/mol. The second kappa shape index (κ2) is 8.23. The third-order valence-corrected chi connectivity index (χ3v) is 3.65. The van der Waals surface area contributed by atoms with E-state index in [1.54, 1.807) is 30.3 Å². The number of rotatable bonds is 6. The van der Waals surface area contributed by atoms with E-state index in [9.17, 15) is 4.79 Å². The van der Waals surface area contributed by atoms with Crippen molar-refractivity contribution in [2.24, 2.45) is 0 Å². The molecule has 5 nitrogen and oxygen atoms in total. The summed E-state index contributed by atoms with van der Waals surface area (Å²) in [5.41, 5.74) is 1.41. The molecule has 0 bridgehead atoms. The van der Waals surface area contributed by atoms with Crippen LogP contribution in [0.5, 0.6) is 11.5 Å². The van der Waals surface area contributed by atoms with E-state index in [4.69, 9.17) is 26.3 Å². The highest BCUT2D eigenvalue weighted by Crippen LogP contribution is 2.27. The van der Waals surface area contributed by atoms with Crippen LogP contribution in [-0.2, 0) is 4.79 Å². The first-order chi connectivity index (χ1) is 11.5. The third-order valence-electron chi connectivity index (χ3n) is 3.40. The van der Waals surface area contributed by atoms with E-state index < -0.39 is 0 Å². The number of ether oxygens (including phenoxy) is 2. The Kier molecular flexibility index (Phi) is 6.05. The molecular formula is C18H17ClN2O3. The lowest BCUT2D eigenvalue weighted by Gasteiger charge is -2.15. The Morgan fingerprint density at radius 2 is 1.96 bits per heavy atom. The molecule has 0 aliphatic carbocycles. The number of halogens is 1. The first-order valence-electron chi connectivity index (χ1n) is 7.29. The molecule has 0 aliphatic heterocycles. The number of nitrogens with zero attached hydrogens (tertiary/aromatic N) is 1. The molecule has 1 amide bonds. The molecule has 124 valence electrons. The highest BCUT2D eigenvalue weighted by Gasteiger charge is 2.12. The van der Waals surface area contributed by atoms with E-state index in [0.717, 1.165) is 5.56 Å². The molecule has 0 aromatic heterocycles. The molecule has 0 saturated carbocycles. The van der Waals surface area contributed by atoms with Crippen LogP contribution in [0, 0.1) is 11.3 Å². The number of benzene rings is 2. The number of hydrogen-bond donors (Lipinski definition) is 1. The van der Waals surface area contributed by atoms with E-state index >= 15 is 0 Å². The van der Waals surface area contributed by atoms with Gasteiger partial charge in [0.1, 0.15) is 0 Å². The first-order valence-corrected chi connectivity index (χ1v) is 7.67. The maximum absolute atomic E-state index is 12.0. The van der Waals surface area contributed by atoms with Gasteiger partial charge in [0.25, 0.3) is 5.91 Å². The summed E-state index contributed by atoms with van der Waals surface area (Å²) >= 11 is 5.85. The molecule has 1 atom stereocenters. The van der Waals surface area contributed by atoms with Crippen LogP contribution in [0.1, 0.15) is 24.1 Å². The van der Waals surface area contributed by atoms with Crippen molar-refractivity contribution in [1.29, 1.82) is 5.26 Å². The Hall–Kier alpha value is -2.71. The number of carbonyl (C=O) groups is 1. The van der Waals surface area contributed by atoms with Crippen LogP contribution >= 0.6 is 11.6 Å². The van der Waals surface area contributed by atoms with E-state index in [1.165, 1.54) is 7.11 Å². The predicted octanol–water partition coefficient (Wildman–Crippen LogP) is 3.48. The minimum absolute atomic E-state index is 0.153. The quantitative estimate of drug-likeness (QED) is 0.870. The number of methoxy groups -OCH3 is 1. The summed E-state index contributed by atoms with van der Waals surface area (Å²) in [6, 6.07) is 13.9. The monoisotopic (exact) mass is 344 g/mol. The number of nitrogens with one attached hydrogen (secondary N) is 1. The van der Waals surface area contributed by atoms with Crippen molar-refractivity contribution in [1.82, 2.24) is 5.32 Å². The van der Waals surface area contributed by atoms with Crippen molar-refractivity contribution in [3.05, 3.63) is 58.6 Å². The summed E-state index contributed by atoms with van der Waals surface area (Å²) in [6.07, 6.45) is 0. The van der Waals surface area contributed by atoms with Crippen LogP contribution in [0.2, 0.25) is 5.02 Å². The smallest absolute Gasteiger partial charge is 0.258 e. The first kappa shape index (κ1) is 17.6. The molecule has 0 heterocycles. The molecule has 1 unspecified atom stereocenters. The van der Waals surface area contributed by atoms with E-state index in [-0.39, 0.29) is 18.6 Å². The van der Waals surface area contributed by atoms with Gasteiger partial charge < -0.3 is 14.8 Å². The van der Waals surface area contributed by atoms with E-state index in [2.05, 4.69) is 5.32 Å². The minimum atomic E-state index is -0.260. The van der Waals surface area contributed by atoms with Crippen LogP contribution in [0.25, 0.3) is 0 Å². The van der Waals surface area contributed by atoms with Gasteiger partial charge in [-0.15, -0.1) is 0 Å². The molecule has 0 fully saturated rings. The van der Waals surface area contributed by atoms with Crippen molar-refractivity contribution in [3.8, 4) is 17.6 Å². The maximum atomic E-state index is 12.0. The molecule has 0 aliphatic rings. The van der Waals surface area contributed by atoms with Crippen molar-refractivity contribution in [3.63, 3.8) is 0 Å². The average molecular weight is 345 g/mol. The summed E-state index contributed by atoms with van der Waals surface area (Å²) in [7, 11) is 1.48. The SMILES string of the molecule is COc1cc(C#N)ccc1OCC(=O)NC(C)c1ccc(Cl)cc1. The lowest BCUT2D eigenvalue weighted by molar-refractivity contribution is -0.123. The molecule has 0 spiro atoms. The Labute approximate surface area is 145 Å². The van der Waals surface area contributed by atoms with Gasteiger partial charge in [0.15, 0.2) is 18.1 Å². The molecule has 1 N–H and O–H groups in total. The second-order valence-corrected chi connectivity index (χ2v) is 5.54. The Bertz CT molecular complexity index is 754. The lowest BCUT2D eigenvalue weighted by atomic mass is 10.1. The van der Waals surface area contributed by atoms with Gasteiger partial charge in [-0.1, -0.05) is 23.7 Å². The van der Waals surface area contributed by atoms with Gasteiger partial charge >= 0.3 is 0 Å². The normalized spacial score (nSPS) is 11.2. The Balaban J connectivity index is 1.93. The Morgan fingerprint density at radius 1 is 1.25 bits per heavy atom. The number of amides is 1. The number of hydrogen-bond acceptors (Lipinski definition) is 4. The van der Waals surface area contributed by atoms with Gasteiger partial charge in [-0.2, -0.15) is 5.26 Å². The molecule has 6 heteroatoms. The maximum Gasteiger partial charge on any atom is 0.258 e. The fourth-order valence-electron chi connectivity index (χ4n) is 2.12. The van der Waals surface area contributed by atoms with Gasteiger partial charge in [0.2, 0.25) is 0 Å². The molecule has 2 aromatic rings. The van der Waals surface area contributed by atoms with Gasteiger partial charge in [-0.3, -0.25) is 4.79 Å². The van der Waals surface area contributed by atoms with Crippen LogP contribution in [0.4, 0.5) is 0 Å². The van der Waals surface area contributed by atoms with Crippen molar-refractivity contribution >= 4 is 17.5 Å². The van der Waals surface area contributed by atoms with Gasteiger partial charge in [-0.25, -0.2) is 0 Å². The molecular weight excluding hydrogens is 328 g/mol. The average Bonchev–Trinajstić information content (AvgIpc) is 2.60. The fraction of sp³-hybridized carbons (Fsp3) is 0.222. The zero-order valence-electron chi connectivity index (χ0n) is 13.4. The van der Waals surface area contributed by atoms with Crippen molar-refractivity contribution in [2.45, 2.75) is 13.0 Å². The third kappa shape index (κ3) is 4.64. The summed E-state index contributed by atoms with van der Waals surface area (Å²) in [4.78, 5) is 12.0. The second-order valence-electron chi connectivity index (χ2n) is 5.11. The number of nitriles is 1. The zero-order chi connectivity index (χ0) is 17.5. The van der Waals surface area contributed by atoms with Gasteiger partial charge in [0.05, 0.1) is 24.8 Å². The van der Waals surface area contributed by atoms with Crippen LogP contribution < -0.4 is 14.8 Å². The van der Waals surface area contributed by atoms with Crippen LogP contribution in [-0.4, -0.2) is 19.6 Å². The highest BCUT2D eigenvalue weighted by molar-refractivity contribution is 6.30. The van der Waals surface area contributed by atoms with Crippen LogP contribution in [0.15, 0.2) is 42.5 Å². The van der Waals surface area contributed by atoms with Gasteiger partial charge in [-0.05, 0) is 36.8 Å². The summed E-state index contributed by atoms with van der Waals surface area (Å²) < 4.78 is 10.6. The van der Waals surface area contributed by atoms with Crippen LogP contribution in [0.3, 0.4) is 0 Å². The van der Waals surface area contributed by atoms with Gasteiger partial charge in [0, 0.05) is 11.1 Å². The number of carbonyl (C=O) groups excluding carboxylic acids is 1. The Morgan fingerprint density at radius 3 is 2.58 bits per heavy atom. The molecule has 0 saturated heterocycles. The van der Waals surface area contributed by atoms with E-state index in [0.29, 0.717) is 22.1 Å². The fourth-order valence-corrected chi connectivity index (χ4v) is 2.24. The molecule has 0 radical (unpaired) electrons. The highest BCUT2D eigenvalue weighted by atomic mass is 35.5. The summed E-state index contributed by atoms with van der Waals surface area (Å²) in [5.74, 6) is 0.558. The lowest BCUT2D eigenvalue weighted by Crippen LogP contribution is -2.31. The van der Waals surface area contributed by atoms with Crippen molar-refractivity contribution < 1.29 is 14.3 Å². The largest absolute Gasteiger partial charge is 0.493 e. The standard InChI is InChI=1S/C18H17ClN2O3/c1-12(14-4-6-15(19)7-5-14)21-18(22)11-24-16-8-3-13(10-20)9-17(16)23-2/h3-9,12H,11H2,1-2H3,(H,21,22). The summed E-state index contributed by atoms with van der Waals surface area (Å²) in [6.45, 7) is 1.73. The molecule has 2 aromatic carbocycles. The molecule has 2 rings (SSSR count). The molecule has 24 heavy (non-hydrogen) atoms. The van der Waals surface area contributed by atoms with E-state index in [1.807, 2.05) is 25.1 Å². The topological polar surface area (TPSA) is 71.3 Å². The summed E-state index contributed by atoms with van der Waals surface area (Å²) in [5, 5.41) is 12.4. The zero-order valence-corrected chi connectivity index (χ0v) is 14.1. The minimum Gasteiger partial charge on any atom is -0.493 e. The van der Waals surface area contributed by atoms with Crippen molar-refractivity contribution in [2.75, 3.05) is 13.7 Å².